The molecule has 0 radical (unpaired) electrons. The number of carbonyl (C=O) groups is 2. The Balaban J connectivity index is 0.000000366. The SMILES string of the molecule is CC1(C)OB(c2ccc(C(=O)N3Cc4cccn4Cc4ccccc43)cc2)OC1(C)C.O=C1C=CCCC1. The van der Waals surface area contributed by atoms with Crippen molar-refractivity contribution in [3.05, 3.63) is 95.8 Å². The molecular formula is C31H35BN2O4. The van der Waals surface area contributed by atoms with E-state index < -0.39 is 18.3 Å². The van der Waals surface area contributed by atoms with Gasteiger partial charge in [0, 0.05) is 36.1 Å². The van der Waals surface area contributed by atoms with Crippen LogP contribution in [0.2, 0.25) is 0 Å². The first-order chi connectivity index (χ1) is 18.1. The summed E-state index contributed by atoms with van der Waals surface area (Å²) in [7, 11) is -0.434. The molecule has 196 valence electrons. The van der Waals surface area contributed by atoms with E-state index in [-0.39, 0.29) is 11.7 Å². The van der Waals surface area contributed by atoms with Crippen molar-refractivity contribution in [3.63, 3.8) is 0 Å². The fourth-order valence-electron chi connectivity index (χ4n) is 4.88. The Bertz CT molecular complexity index is 1340. The van der Waals surface area contributed by atoms with Crippen molar-refractivity contribution in [2.24, 2.45) is 0 Å². The maximum Gasteiger partial charge on any atom is 0.494 e. The van der Waals surface area contributed by atoms with Crippen LogP contribution in [0.5, 0.6) is 0 Å². The van der Waals surface area contributed by atoms with Gasteiger partial charge in [-0.2, -0.15) is 0 Å². The number of aromatic nitrogens is 1. The molecule has 1 amide bonds. The van der Waals surface area contributed by atoms with Gasteiger partial charge in [0.15, 0.2) is 5.78 Å². The Labute approximate surface area is 225 Å². The average Bonchev–Trinajstić information content (AvgIpc) is 3.37. The number of benzene rings is 2. The number of ketones is 1. The molecule has 0 spiro atoms. The fraction of sp³-hybridized carbons (Fsp3) is 0.355. The Morgan fingerprint density at radius 3 is 2.24 bits per heavy atom. The zero-order valence-electron chi connectivity index (χ0n) is 22.6. The van der Waals surface area contributed by atoms with Crippen LogP contribution in [-0.4, -0.2) is 34.6 Å². The minimum Gasteiger partial charge on any atom is -0.399 e. The van der Waals surface area contributed by atoms with Crippen LogP contribution in [-0.2, 0) is 27.2 Å². The van der Waals surface area contributed by atoms with Crippen LogP contribution in [0, 0.1) is 0 Å². The normalized spacial score (nSPS) is 19.2. The lowest BCUT2D eigenvalue weighted by Gasteiger charge is -2.32. The Morgan fingerprint density at radius 1 is 0.895 bits per heavy atom. The van der Waals surface area contributed by atoms with E-state index in [2.05, 4.69) is 22.9 Å². The molecule has 2 aromatic carbocycles. The first-order valence-corrected chi connectivity index (χ1v) is 13.3. The topological polar surface area (TPSA) is 60.8 Å². The van der Waals surface area contributed by atoms with Gasteiger partial charge >= 0.3 is 7.12 Å². The minimum absolute atomic E-state index is 0.0115. The molecule has 3 aromatic rings. The molecule has 0 bridgehead atoms. The molecule has 6 nitrogen and oxygen atoms in total. The molecule has 1 aliphatic carbocycles. The maximum absolute atomic E-state index is 13.5. The second kappa shape index (κ2) is 10.4. The summed E-state index contributed by atoms with van der Waals surface area (Å²) in [5.41, 5.74) is 4.01. The molecular weight excluding hydrogens is 475 g/mol. The predicted molar refractivity (Wildman–Crippen MR) is 151 cm³/mol. The molecule has 38 heavy (non-hydrogen) atoms. The molecule has 0 unspecified atom stereocenters. The molecule has 0 saturated carbocycles. The maximum atomic E-state index is 13.5. The zero-order chi connectivity index (χ0) is 26.9. The van der Waals surface area contributed by atoms with Crippen LogP contribution < -0.4 is 10.4 Å². The molecule has 2 aliphatic heterocycles. The van der Waals surface area contributed by atoms with Gasteiger partial charge in [0.2, 0.25) is 0 Å². The first kappa shape index (κ1) is 26.2. The third kappa shape index (κ3) is 5.26. The van der Waals surface area contributed by atoms with E-state index in [1.807, 2.05) is 87.2 Å². The third-order valence-electron chi connectivity index (χ3n) is 7.89. The van der Waals surface area contributed by atoms with Gasteiger partial charge in [0.25, 0.3) is 5.91 Å². The van der Waals surface area contributed by atoms with Gasteiger partial charge in [-0.3, -0.25) is 9.59 Å². The molecule has 7 heteroatoms. The largest absolute Gasteiger partial charge is 0.494 e. The summed E-state index contributed by atoms with van der Waals surface area (Å²) in [6, 6.07) is 19.8. The zero-order valence-corrected chi connectivity index (χ0v) is 22.6. The van der Waals surface area contributed by atoms with E-state index in [0.29, 0.717) is 12.1 Å². The summed E-state index contributed by atoms with van der Waals surface area (Å²) in [4.78, 5) is 25.8. The highest BCUT2D eigenvalue weighted by atomic mass is 16.7. The van der Waals surface area contributed by atoms with Crippen molar-refractivity contribution in [1.82, 2.24) is 4.57 Å². The first-order valence-electron chi connectivity index (χ1n) is 13.3. The molecule has 1 saturated heterocycles. The highest BCUT2D eigenvalue weighted by Crippen LogP contribution is 2.36. The van der Waals surface area contributed by atoms with Gasteiger partial charge in [-0.15, -0.1) is 0 Å². The third-order valence-corrected chi connectivity index (χ3v) is 7.89. The molecule has 1 aromatic heterocycles. The summed E-state index contributed by atoms with van der Waals surface area (Å²) >= 11 is 0. The van der Waals surface area contributed by atoms with Crippen LogP contribution in [0.3, 0.4) is 0 Å². The van der Waals surface area contributed by atoms with Crippen LogP contribution in [0.4, 0.5) is 5.69 Å². The number of hydrogen-bond acceptors (Lipinski definition) is 4. The number of nitrogens with zero attached hydrogens (tertiary/aromatic N) is 2. The molecule has 0 atom stereocenters. The Morgan fingerprint density at radius 2 is 1.61 bits per heavy atom. The summed E-state index contributed by atoms with van der Waals surface area (Å²) in [6.45, 7) is 9.47. The standard InChI is InChI=1S/C25H27BN2O3.C6H8O/c1-24(2)25(3,4)31-26(30-24)20-13-11-18(12-14-20)23(29)28-17-21-9-7-15-27(21)16-19-8-5-6-10-22(19)28;7-6-4-2-1-3-5-6/h5-15H,16-17H2,1-4H3;2,4H,1,3,5H2. The van der Waals surface area contributed by atoms with Gasteiger partial charge in [-0.05, 0) is 88.0 Å². The quantitative estimate of drug-likeness (QED) is 0.440. The lowest BCUT2D eigenvalue weighted by Crippen LogP contribution is -2.41. The van der Waals surface area contributed by atoms with Crippen LogP contribution in [0.25, 0.3) is 0 Å². The summed E-state index contributed by atoms with van der Waals surface area (Å²) in [5, 5.41) is 0. The van der Waals surface area contributed by atoms with E-state index in [0.717, 1.165) is 48.2 Å². The lowest BCUT2D eigenvalue weighted by molar-refractivity contribution is -0.114. The molecule has 6 rings (SSSR count). The second-order valence-electron chi connectivity index (χ2n) is 11.1. The van der Waals surface area contributed by atoms with E-state index >= 15 is 0 Å². The van der Waals surface area contributed by atoms with Crippen LogP contribution in [0.1, 0.15) is 68.6 Å². The Hall–Kier alpha value is -3.42. The van der Waals surface area contributed by atoms with E-state index in [9.17, 15) is 9.59 Å². The molecule has 3 aliphatic rings. The van der Waals surface area contributed by atoms with E-state index in [1.165, 1.54) is 0 Å². The monoisotopic (exact) mass is 510 g/mol. The highest BCUT2D eigenvalue weighted by Gasteiger charge is 2.51. The fourth-order valence-corrected chi connectivity index (χ4v) is 4.88. The number of rotatable bonds is 2. The predicted octanol–water partition coefficient (Wildman–Crippen LogP) is 5.29. The molecule has 1 fully saturated rings. The van der Waals surface area contributed by atoms with Crippen molar-refractivity contribution in [1.29, 1.82) is 0 Å². The minimum atomic E-state index is -0.434. The van der Waals surface area contributed by atoms with Crippen molar-refractivity contribution in [2.45, 2.75) is 71.2 Å². The molecule has 0 N–H and O–H groups in total. The van der Waals surface area contributed by atoms with Gasteiger partial charge in [-0.25, -0.2) is 0 Å². The van der Waals surface area contributed by atoms with Crippen LogP contribution >= 0.6 is 0 Å². The van der Waals surface area contributed by atoms with Gasteiger partial charge < -0.3 is 18.8 Å². The number of allylic oxidation sites excluding steroid dienone is 2. The van der Waals surface area contributed by atoms with Gasteiger partial charge in [0.05, 0.1) is 17.7 Å². The van der Waals surface area contributed by atoms with E-state index in [4.69, 9.17) is 9.31 Å². The summed E-state index contributed by atoms with van der Waals surface area (Å²) in [5.74, 6) is 0.272. The number of amides is 1. The Kier molecular flexibility index (Phi) is 7.16. The number of hydrogen-bond donors (Lipinski definition) is 0. The second-order valence-corrected chi connectivity index (χ2v) is 11.1. The summed E-state index contributed by atoms with van der Waals surface area (Å²) in [6.07, 6.45) is 8.58. The average molecular weight is 510 g/mol. The smallest absolute Gasteiger partial charge is 0.399 e. The number of carbonyl (C=O) groups excluding carboxylic acids is 2. The lowest BCUT2D eigenvalue weighted by atomic mass is 9.79. The molecule has 3 heterocycles. The van der Waals surface area contributed by atoms with Gasteiger partial charge in [-0.1, -0.05) is 36.4 Å². The summed E-state index contributed by atoms with van der Waals surface area (Å²) < 4.78 is 14.5. The number of fused-ring (bicyclic) bond motifs is 2. The van der Waals surface area contributed by atoms with Crippen molar-refractivity contribution in [3.8, 4) is 0 Å². The van der Waals surface area contributed by atoms with Gasteiger partial charge in [0.1, 0.15) is 0 Å². The number of para-hydroxylation sites is 1. The highest BCUT2D eigenvalue weighted by molar-refractivity contribution is 6.62. The number of anilines is 1. The van der Waals surface area contributed by atoms with Crippen LogP contribution in [0.15, 0.2) is 79.0 Å². The van der Waals surface area contributed by atoms with E-state index in [1.54, 1.807) is 6.08 Å². The van der Waals surface area contributed by atoms with Crippen molar-refractivity contribution >= 4 is 30.0 Å². The van der Waals surface area contributed by atoms with Crippen molar-refractivity contribution in [2.75, 3.05) is 4.90 Å². The van der Waals surface area contributed by atoms with Crippen molar-refractivity contribution < 1.29 is 18.9 Å².